The lowest BCUT2D eigenvalue weighted by Crippen LogP contribution is -2.34. The number of hydrogen-bond donors (Lipinski definition) is 1. The van der Waals surface area contributed by atoms with Crippen LogP contribution in [0.3, 0.4) is 0 Å². The van der Waals surface area contributed by atoms with Crippen molar-refractivity contribution >= 4 is 9.84 Å². The van der Waals surface area contributed by atoms with Gasteiger partial charge < -0.3 is 5.32 Å². The molecule has 18 heavy (non-hydrogen) atoms. The van der Waals surface area contributed by atoms with Gasteiger partial charge in [-0.3, -0.25) is 0 Å². The maximum absolute atomic E-state index is 11.3. The van der Waals surface area contributed by atoms with E-state index in [1.807, 2.05) is 0 Å². The molecule has 4 atom stereocenters. The van der Waals surface area contributed by atoms with Crippen LogP contribution in [0, 0.1) is 17.8 Å². The zero-order chi connectivity index (χ0) is 13.2. The van der Waals surface area contributed by atoms with Crippen molar-refractivity contribution in [1.29, 1.82) is 0 Å². The molecule has 0 heterocycles. The summed E-state index contributed by atoms with van der Waals surface area (Å²) in [6, 6.07) is 0.397. The standard InChI is InChI=1S/C14H27NO2S/c1-3-15-14(6-7-18(2,16)17)10-13-9-11-4-5-12(13)8-11/h11-15H,3-10H2,1-2H3. The fourth-order valence-corrected chi connectivity index (χ4v) is 4.69. The smallest absolute Gasteiger partial charge is 0.147 e. The Balaban J connectivity index is 1.82. The Labute approximate surface area is 112 Å². The minimum atomic E-state index is -2.82. The van der Waals surface area contributed by atoms with E-state index in [0.717, 1.165) is 30.7 Å². The maximum Gasteiger partial charge on any atom is 0.147 e. The lowest BCUT2D eigenvalue weighted by atomic mass is 9.84. The van der Waals surface area contributed by atoms with E-state index in [9.17, 15) is 8.42 Å². The zero-order valence-electron chi connectivity index (χ0n) is 11.7. The molecule has 4 heteroatoms. The van der Waals surface area contributed by atoms with Crippen LogP contribution in [0.1, 0.15) is 45.4 Å². The Morgan fingerprint density at radius 1 is 1.28 bits per heavy atom. The highest BCUT2D eigenvalue weighted by atomic mass is 32.2. The first-order valence-electron chi connectivity index (χ1n) is 7.39. The van der Waals surface area contributed by atoms with Gasteiger partial charge in [0, 0.05) is 12.3 Å². The number of hydrogen-bond acceptors (Lipinski definition) is 3. The first kappa shape index (κ1) is 14.3. The minimum absolute atomic E-state index is 0.325. The second-order valence-corrected chi connectivity index (χ2v) is 8.60. The fourth-order valence-electron chi connectivity index (χ4n) is 3.98. The van der Waals surface area contributed by atoms with Gasteiger partial charge in [0.05, 0.1) is 5.75 Å². The van der Waals surface area contributed by atoms with Crippen molar-refractivity contribution in [3.05, 3.63) is 0 Å². The number of fused-ring (bicyclic) bond motifs is 2. The molecule has 2 aliphatic rings. The van der Waals surface area contributed by atoms with Crippen molar-refractivity contribution in [2.45, 2.75) is 51.5 Å². The van der Waals surface area contributed by atoms with Gasteiger partial charge in [-0.05, 0) is 56.4 Å². The van der Waals surface area contributed by atoms with E-state index in [2.05, 4.69) is 12.2 Å². The van der Waals surface area contributed by atoms with E-state index in [-0.39, 0.29) is 0 Å². The molecule has 3 nitrogen and oxygen atoms in total. The molecule has 2 rings (SSSR count). The molecule has 0 radical (unpaired) electrons. The van der Waals surface area contributed by atoms with Gasteiger partial charge in [-0.1, -0.05) is 13.3 Å². The third-order valence-electron chi connectivity index (χ3n) is 4.80. The molecule has 0 spiro atoms. The first-order valence-corrected chi connectivity index (χ1v) is 9.45. The summed E-state index contributed by atoms with van der Waals surface area (Å²) in [4.78, 5) is 0. The van der Waals surface area contributed by atoms with Gasteiger partial charge in [-0.25, -0.2) is 8.42 Å². The molecule has 0 amide bonds. The zero-order valence-corrected chi connectivity index (χ0v) is 12.5. The summed E-state index contributed by atoms with van der Waals surface area (Å²) >= 11 is 0. The number of sulfone groups is 1. The third kappa shape index (κ3) is 3.95. The molecule has 0 saturated heterocycles. The van der Waals surface area contributed by atoms with Crippen LogP contribution in [-0.4, -0.2) is 33.0 Å². The maximum atomic E-state index is 11.3. The average Bonchev–Trinajstić information content (AvgIpc) is 2.87. The van der Waals surface area contributed by atoms with Crippen molar-refractivity contribution in [2.24, 2.45) is 17.8 Å². The van der Waals surface area contributed by atoms with Crippen LogP contribution < -0.4 is 5.32 Å². The van der Waals surface area contributed by atoms with E-state index in [1.165, 1.54) is 38.4 Å². The summed E-state index contributed by atoms with van der Waals surface area (Å²) in [7, 11) is -2.82. The van der Waals surface area contributed by atoms with Crippen molar-refractivity contribution in [3.8, 4) is 0 Å². The van der Waals surface area contributed by atoms with Crippen LogP contribution in [0.25, 0.3) is 0 Å². The van der Waals surface area contributed by atoms with Crippen LogP contribution >= 0.6 is 0 Å². The average molecular weight is 273 g/mol. The Hall–Kier alpha value is -0.0900. The molecule has 2 aliphatic carbocycles. The van der Waals surface area contributed by atoms with Gasteiger partial charge in [0.2, 0.25) is 0 Å². The molecule has 0 aliphatic heterocycles. The molecule has 0 aromatic carbocycles. The Morgan fingerprint density at radius 2 is 2.06 bits per heavy atom. The van der Waals surface area contributed by atoms with E-state index in [0.29, 0.717) is 11.8 Å². The second-order valence-electron chi connectivity index (χ2n) is 6.34. The van der Waals surface area contributed by atoms with Gasteiger partial charge in [0.1, 0.15) is 9.84 Å². The fraction of sp³-hybridized carbons (Fsp3) is 1.00. The number of rotatable bonds is 7. The molecular weight excluding hydrogens is 246 g/mol. The monoisotopic (exact) mass is 273 g/mol. The summed E-state index contributed by atoms with van der Waals surface area (Å²) in [5.41, 5.74) is 0. The van der Waals surface area contributed by atoms with Crippen molar-refractivity contribution in [2.75, 3.05) is 18.6 Å². The van der Waals surface area contributed by atoms with Crippen LogP contribution in [0.2, 0.25) is 0 Å². The number of nitrogens with one attached hydrogen (secondary N) is 1. The van der Waals surface area contributed by atoms with Crippen molar-refractivity contribution in [3.63, 3.8) is 0 Å². The Kier molecular flexibility index (Phi) is 4.70. The topological polar surface area (TPSA) is 46.2 Å². The highest BCUT2D eigenvalue weighted by molar-refractivity contribution is 7.90. The Morgan fingerprint density at radius 3 is 2.56 bits per heavy atom. The van der Waals surface area contributed by atoms with Gasteiger partial charge in [0.15, 0.2) is 0 Å². The lowest BCUT2D eigenvalue weighted by molar-refractivity contribution is 0.276. The molecule has 0 aromatic heterocycles. The lowest BCUT2D eigenvalue weighted by Gasteiger charge is -2.27. The summed E-state index contributed by atoms with van der Waals surface area (Å²) in [5.74, 6) is 3.10. The second kappa shape index (κ2) is 5.91. The van der Waals surface area contributed by atoms with E-state index >= 15 is 0 Å². The SMILES string of the molecule is CCNC(CCS(C)(=O)=O)CC1CC2CCC1C2. The predicted molar refractivity (Wildman–Crippen MR) is 75.3 cm³/mol. The minimum Gasteiger partial charge on any atom is -0.314 e. The van der Waals surface area contributed by atoms with Crippen LogP contribution in [0.5, 0.6) is 0 Å². The molecule has 2 bridgehead atoms. The van der Waals surface area contributed by atoms with Gasteiger partial charge >= 0.3 is 0 Å². The first-order chi connectivity index (χ1) is 8.48. The third-order valence-corrected chi connectivity index (χ3v) is 5.78. The van der Waals surface area contributed by atoms with E-state index in [4.69, 9.17) is 0 Å². The molecule has 2 saturated carbocycles. The van der Waals surface area contributed by atoms with E-state index < -0.39 is 9.84 Å². The van der Waals surface area contributed by atoms with Gasteiger partial charge in [0.25, 0.3) is 0 Å². The van der Waals surface area contributed by atoms with E-state index in [1.54, 1.807) is 0 Å². The molecular formula is C14H27NO2S. The van der Waals surface area contributed by atoms with Crippen LogP contribution in [0.15, 0.2) is 0 Å². The summed E-state index contributed by atoms with van der Waals surface area (Å²) in [6.45, 7) is 3.05. The Bertz CT molecular complexity index is 366. The summed E-state index contributed by atoms with van der Waals surface area (Å²) in [5, 5.41) is 3.48. The highest BCUT2D eigenvalue weighted by Crippen LogP contribution is 2.49. The molecule has 1 N–H and O–H groups in total. The van der Waals surface area contributed by atoms with Crippen LogP contribution in [-0.2, 0) is 9.84 Å². The quantitative estimate of drug-likeness (QED) is 0.773. The summed E-state index contributed by atoms with van der Waals surface area (Å²) in [6.07, 6.45) is 9.00. The molecule has 2 fully saturated rings. The van der Waals surface area contributed by atoms with Crippen molar-refractivity contribution < 1.29 is 8.42 Å². The molecule has 0 aromatic rings. The molecule has 4 unspecified atom stereocenters. The van der Waals surface area contributed by atoms with Crippen LogP contribution in [0.4, 0.5) is 0 Å². The molecule has 106 valence electrons. The highest BCUT2D eigenvalue weighted by Gasteiger charge is 2.39. The largest absolute Gasteiger partial charge is 0.314 e. The summed E-state index contributed by atoms with van der Waals surface area (Å²) < 4.78 is 22.6. The predicted octanol–water partition coefficient (Wildman–Crippen LogP) is 2.23. The van der Waals surface area contributed by atoms with Gasteiger partial charge in [-0.2, -0.15) is 0 Å². The normalized spacial score (nSPS) is 32.9. The van der Waals surface area contributed by atoms with Crippen molar-refractivity contribution in [1.82, 2.24) is 5.32 Å². The van der Waals surface area contributed by atoms with Gasteiger partial charge in [-0.15, -0.1) is 0 Å².